The minimum Gasteiger partial charge on any atom is -0.339 e. The molecule has 5 rings (SSSR count). The molecule has 0 spiro atoms. The summed E-state index contributed by atoms with van der Waals surface area (Å²) in [7, 11) is 0. The molecule has 0 N–H and O–H groups in total. The zero-order chi connectivity index (χ0) is 17.8. The lowest BCUT2D eigenvalue weighted by atomic mass is 10.1. The molecule has 8 heteroatoms. The number of imidazole rings is 1. The van der Waals surface area contributed by atoms with Crippen molar-refractivity contribution < 1.29 is 4.52 Å². The van der Waals surface area contributed by atoms with E-state index in [0.29, 0.717) is 18.1 Å². The van der Waals surface area contributed by atoms with Crippen molar-refractivity contribution in [3.05, 3.63) is 53.6 Å². The summed E-state index contributed by atoms with van der Waals surface area (Å²) in [6, 6.07) is 8.08. The Morgan fingerprint density at radius 3 is 2.69 bits per heavy atom. The van der Waals surface area contributed by atoms with E-state index in [2.05, 4.69) is 30.0 Å². The zero-order valence-electron chi connectivity index (χ0n) is 14.7. The molecule has 1 aliphatic heterocycles. The summed E-state index contributed by atoms with van der Waals surface area (Å²) in [6.45, 7) is 6.02. The average molecular weight is 347 g/mol. The molecule has 1 aromatic carbocycles. The summed E-state index contributed by atoms with van der Waals surface area (Å²) < 4.78 is 9.35. The average Bonchev–Trinajstić information content (AvgIpc) is 3.33. The maximum atomic E-state index is 5.38. The van der Waals surface area contributed by atoms with Crippen LogP contribution in [0.3, 0.4) is 0 Å². The third-order valence-corrected chi connectivity index (χ3v) is 4.68. The second-order valence-electron chi connectivity index (χ2n) is 6.72. The number of para-hydroxylation sites is 2. The molecule has 0 radical (unpaired) electrons. The topological polar surface area (TPSA) is 87.4 Å². The molecular formula is C18H17N7O. The first-order valence-corrected chi connectivity index (χ1v) is 8.54. The van der Waals surface area contributed by atoms with Crippen molar-refractivity contribution in [1.82, 2.24) is 34.7 Å². The Kier molecular flexibility index (Phi) is 3.09. The number of hydrogen-bond donors (Lipinski definition) is 0. The van der Waals surface area contributed by atoms with Gasteiger partial charge in [0.05, 0.1) is 28.5 Å². The summed E-state index contributed by atoms with van der Waals surface area (Å²) in [5.41, 5.74) is 5.63. The first-order valence-electron chi connectivity index (χ1n) is 8.54. The van der Waals surface area contributed by atoms with Crippen molar-refractivity contribution in [1.29, 1.82) is 0 Å². The highest BCUT2D eigenvalue weighted by Gasteiger charge is 2.27. The van der Waals surface area contributed by atoms with Crippen molar-refractivity contribution in [2.75, 3.05) is 0 Å². The molecule has 8 nitrogen and oxygen atoms in total. The molecule has 4 aromatic rings. The highest BCUT2D eigenvalue weighted by atomic mass is 16.5. The number of nitrogens with zero attached hydrogens (tertiary/aromatic N) is 7. The first kappa shape index (κ1) is 15.0. The fourth-order valence-electron chi connectivity index (χ4n) is 3.28. The van der Waals surface area contributed by atoms with Gasteiger partial charge in [0.15, 0.2) is 0 Å². The highest BCUT2D eigenvalue weighted by molar-refractivity contribution is 5.62. The monoisotopic (exact) mass is 347 g/mol. The smallest absolute Gasteiger partial charge is 0.229 e. The van der Waals surface area contributed by atoms with E-state index >= 15 is 0 Å². The van der Waals surface area contributed by atoms with Gasteiger partial charge in [0, 0.05) is 12.3 Å². The molecule has 0 fully saturated rings. The van der Waals surface area contributed by atoms with Crippen LogP contribution in [0.1, 0.15) is 42.7 Å². The van der Waals surface area contributed by atoms with Gasteiger partial charge < -0.3 is 4.52 Å². The lowest BCUT2D eigenvalue weighted by Gasteiger charge is -2.08. The van der Waals surface area contributed by atoms with E-state index in [9.17, 15) is 0 Å². The van der Waals surface area contributed by atoms with Crippen LogP contribution in [-0.4, -0.2) is 34.7 Å². The lowest BCUT2D eigenvalue weighted by molar-refractivity contribution is 0.365. The van der Waals surface area contributed by atoms with E-state index in [1.165, 1.54) is 0 Å². The Hall–Kier alpha value is -3.29. The van der Waals surface area contributed by atoms with Gasteiger partial charge >= 0.3 is 0 Å². The van der Waals surface area contributed by atoms with Gasteiger partial charge in [0.2, 0.25) is 11.7 Å². The molecule has 26 heavy (non-hydrogen) atoms. The van der Waals surface area contributed by atoms with E-state index in [4.69, 9.17) is 4.52 Å². The lowest BCUT2D eigenvalue weighted by Crippen LogP contribution is -2.03. The van der Waals surface area contributed by atoms with Crippen molar-refractivity contribution in [2.45, 2.75) is 33.1 Å². The first-order chi connectivity index (χ1) is 12.6. The number of benzene rings is 1. The van der Waals surface area contributed by atoms with Gasteiger partial charge in [-0.05, 0) is 19.1 Å². The van der Waals surface area contributed by atoms with Crippen molar-refractivity contribution in [2.24, 2.45) is 0 Å². The summed E-state index contributed by atoms with van der Waals surface area (Å²) in [5.74, 6) is 1.29. The largest absolute Gasteiger partial charge is 0.339 e. The molecule has 0 saturated carbocycles. The van der Waals surface area contributed by atoms with Crippen LogP contribution in [0, 0.1) is 6.92 Å². The summed E-state index contributed by atoms with van der Waals surface area (Å²) in [5, 5.41) is 12.7. The third kappa shape index (κ3) is 2.05. The van der Waals surface area contributed by atoms with Crippen LogP contribution < -0.4 is 0 Å². The minimum absolute atomic E-state index is 0.172. The van der Waals surface area contributed by atoms with Gasteiger partial charge in [0.1, 0.15) is 12.0 Å². The SMILES string of the molecule is Cc1nnn2c1Cc1c(-c3noc(C(C)C)n3)ncn1-c1ccccc1-2. The summed E-state index contributed by atoms with van der Waals surface area (Å²) in [6.07, 6.45) is 2.44. The van der Waals surface area contributed by atoms with E-state index in [-0.39, 0.29) is 5.92 Å². The van der Waals surface area contributed by atoms with Gasteiger partial charge in [0.25, 0.3) is 0 Å². The Morgan fingerprint density at radius 2 is 1.92 bits per heavy atom. The Balaban J connectivity index is 1.75. The Labute approximate surface area is 149 Å². The molecule has 130 valence electrons. The predicted octanol–water partition coefficient (Wildman–Crippen LogP) is 2.84. The molecule has 0 saturated heterocycles. The number of hydrogen-bond acceptors (Lipinski definition) is 6. The molecule has 0 amide bonds. The number of aromatic nitrogens is 7. The highest BCUT2D eigenvalue weighted by Crippen LogP contribution is 2.32. The molecule has 1 aliphatic rings. The summed E-state index contributed by atoms with van der Waals surface area (Å²) in [4.78, 5) is 9.12. The second kappa shape index (κ2) is 5.35. The zero-order valence-corrected chi connectivity index (χ0v) is 14.7. The van der Waals surface area contributed by atoms with Gasteiger partial charge in [-0.2, -0.15) is 4.98 Å². The molecule has 0 atom stereocenters. The standard InChI is InChI=1S/C18H17N7O/c1-10(2)18-20-17(22-26-18)16-15-8-14-11(3)21-23-25(14)13-7-5-4-6-12(13)24(15)9-19-16/h4-7,9-10H,8H2,1-3H3. The molecule has 4 heterocycles. The molecule has 0 aliphatic carbocycles. The minimum atomic E-state index is 0.172. The number of fused-ring (bicyclic) bond motifs is 5. The van der Waals surface area contributed by atoms with E-state index in [1.807, 2.05) is 56.0 Å². The van der Waals surface area contributed by atoms with Crippen LogP contribution in [0.15, 0.2) is 35.1 Å². The van der Waals surface area contributed by atoms with Crippen molar-refractivity contribution in [3.63, 3.8) is 0 Å². The predicted molar refractivity (Wildman–Crippen MR) is 93.4 cm³/mol. The van der Waals surface area contributed by atoms with E-state index < -0.39 is 0 Å². The second-order valence-corrected chi connectivity index (χ2v) is 6.72. The van der Waals surface area contributed by atoms with Crippen molar-refractivity contribution in [3.8, 4) is 22.9 Å². The molecular weight excluding hydrogens is 330 g/mol. The quantitative estimate of drug-likeness (QED) is 0.488. The third-order valence-electron chi connectivity index (χ3n) is 4.68. The van der Waals surface area contributed by atoms with E-state index in [1.54, 1.807) is 0 Å². The van der Waals surface area contributed by atoms with Crippen LogP contribution in [0.25, 0.3) is 22.9 Å². The molecule has 0 unspecified atom stereocenters. The fraction of sp³-hybridized carbons (Fsp3) is 0.278. The molecule has 3 aromatic heterocycles. The van der Waals surface area contributed by atoms with Gasteiger partial charge in [-0.1, -0.05) is 36.4 Å². The van der Waals surface area contributed by atoms with Crippen LogP contribution >= 0.6 is 0 Å². The maximum absolute atomic E-state index is 5.38. The van der Waals surface area contributed by atoms with Crippen molar-refractivity contribution >= 4 is 0 Å². The normalized spacial score (nSPS) is 12.6. The van der Waals surface area contributed by atoms with Crippen LogP contribution in [-0.2, 0) is 6.42 Å². The van der Waals surface area contributed by atoms with Gasteiger partial charge in [-0.25, -0.2) is 9.67 Å². The van der Waals surface area contributed by atoms with Gasteiger partial charge in [-0.3, -0.25) is 4.57 Å². The van der Waals surface area contributed by atoms with Crippen LogP contribution in [0.2, 0.25) is 0 Å². The number of rotatable bonds is 2. The molecule has 0 bridgehead atoms. The fourth-order valence-corrected chi connectivity index (χ4v) is 3.28. The van der Waals surface area contributed by atoms with Crippen LogP contribution in [0.5, 0.6) is 0 Å². The summed E-state index contributed by atoms with van der Waals surface area (Å²) >= 11 is 0. The Bertz CT molecular complexity index is 1120. The van der Waals surface area contributed by atoms with E-state index in [0.717, 1.165) is 34.2 Å². The van der Waals surface area contributed by atoms with Gasteiger partial charge in [-0.15, -0.1) is 5.10 Å². The Morgan fingerprint density at radius 1 is 1.12 bits per heavy atom. The van der Waals surface area contributed by atoms with Crippen LogP contribution in [0.4, 0.5) is 0 Å². The number of aryl methyl sites for hydroxylation is 1. The maximum Gasteiger partial charge on any atom is 0.229 e.